The molecule has 0 atom stereocenters. The molecule has 0 amide bonds. The van der Waals surface area contributed by atoms with E-state index in [-0.39, 0.29) is 0 Å². The molecule has 0 bridgehead atoms. The number of rotatable bonds is 2. The summed E-state index contributed by atoms with van der Waals surface area (Å²) in [6, 6.07) is 10.6. The van der Waals surface area contributed by atoms with Gasteiger partial charge in [-0.2, -0.15) is 0 Å². The van der Waals surface area contributed by atoms with Crippen molar-refractivity contribution in [1.29, 1.82) is 0 Å². The molecule has 0 heterocycles. The molecule has 0 aliphatic carbocycles. The molecule has 1 aromatic carbocycles. The van der Waals surface area contributed by atoms with Gasteiger partial charge in [-0.15, -0.1) is 0 Å². The van der Waals surface area contributed by atoms with Crippen molar-refractivity contribution in [3.63, 3.8) is 0 Å². The van der Waals surface area contributed by atoms with Crippen LogP contribution in [0.15, 0.2) is 30.3 Å². The Morgan fingerprint density at radius 3 is 1.88 bits per heavy atom. The number of benzene rings is 1. The van der Waals surface area contributed by atoms with Crippen molar-refractivity contribution >= 4 is 10.0 Å². The summed E-state index contributed by atoms with van der Waals surface area (Å²) in [6.07, 6.45) is 0. The summed E-state index contributed by atoms with van der Waals surface area (Å²) >= 11 is -5.03. The number of nitrogens with zero attached hydrogens (tertiary/aromatic N) is 1. The standard InChI is InChI=1S/C10H16N.ClH.Cr.3O/c1-11(2,3)9-10-7-5-4-6-8-10;;;;;/h4-8H,9H2,1-3H3;1H;;;;/q+1;;+1;;;-1/p-1. The SMILES string of the molecule is C[N+](C)(C)Cc1ccccc1.[O]=[Cr](=[O])([O-])[Cl]. The van der Waals surface area contributed by atoms with Gasteiger partial charge in [0.25, 0.3) is 0 Å². The minimum absolute atomic E-state index is 0.990. The Bertz CT molecular complexity index is 390. The van der Waals surface area contributed by atoms with Crippen molar-refractivity contribution < 1.29 is 28.6 Å². The topological polar surface area (TPSA) is 57.2 Å². The van der Waals surface area contributed by atoms with Crippen LogP contribution in [0.2, 0.25) is 0 Å². The molecule has 0 aliphatic rings. The fourth-order valence-electron chi connectivity index (χ4n) is 1.13. The first-order chi connectivity index (χ1) is 7.08. The molecule has 4 nitrogen and oxygen atoms in total. The second-order valence-corrected chi connectivity index (χ2v) is 7.11. The van der Waals surface area contributed by atoms with E-state index in [9.17, 15) is 0 Å². The van der Waals surface area contributed by atoms with Crippen LogP contribution < -0.4 is 4.16 Å². The van der Waals surface area contributed by atoms with Gasteiger partial charge in [0, 0.05) is 5.56 Å². The zero-order chi connectivity index (χ0) is 12.8. The average Bonchev–Trinajstić information content (AvgIpc) is 1.99. The van der Waals surface area contributed by atoms with E-state index in [4.69, 9.17) is 11.8 Å². The summed E-state index contributed by atoms with van der Waals surface area (Å²) in [5.41, 5.74) is 1.40. The number of quaternary nitrogens is 1. The Morgan fingerprint density at radius 1 is 1.19 bits per heavy atom. The van der Waals surface area contributed by atoms with Crippen molar-refractivity contribution in [3.8, 4) is 0 Å². The summed E-state index contributed by atoms with van der Waals surface area (Å²) in [5, 5.41) is 0. The van der Waals surface area contributed by atoms with Gasteiger partial charge in [-0.25, -0.2) is 0 Å². The maximum absolute atomic E-state index is 8.91. The first-order valence-corrected chi connectivity index (χ1v) is 7.89. The van der Waals surface area contributed by atoms with Crippen LogP contribution in [0, 0.1) is 0 Å². The number of hydrogen-bond acceptors (Lipinski definition) is 3. The van der Waals surface area contributed by atoms with Crippen molar-refractivity contribution in [2.24, 2.45) is 0 Å². The molecule has 0 radical (unpaired) electrons. The van der Waals surface area contributed by atoms with Gasteiger partial charge in [-0.3, -0.25) is 0 Å². The van der Waals surface area contributed by atoms with Crippen LogP contribution in [-0.4, -0.2) is 25.6 Å². The van der Waals surface area contributed by atoms with Crippen molar-refractivity contribution in [2.45, 2.75) is 6.54 Å². The molecule has 6 heteroatoms. The van der Waals surface area contributed by atoms with E-state index in [0.717, 1.165) is 11.0 Å². The summed E-state index contributed by atoms with van der Waals surface area (Å²) in [4.78, 5) is 0. The van der Waals surface area contributed by atoms with Crippen LogP contribution in [0.5, 0.6) is 0 Å². The molecule has 0 N–H and O–H groups in total. The van der Waals surface area contributed by atoms with E-state index in [1.165, 1.54) is 5.56 Å². The molecule has 1 rings (SSSR count). The van der Waals surface area contributed by atoms with Gasteiger partial charge in [0.2, 0.25) is 0 Å². The van der Waals surface area contributed by atoms with Gasteiger partial charge >= 0.3 is 34.2 Å². The van der Waals surface area contributed by atoms with E-state index < -0.39 is 12.4 Å². The van der Waals surface area contributed by atoms with Crippen molar-refractivity contribution in [3.05, 3.63) is 35.9 Å². The first-order valence-electron chi connectivity index (χ1n) is 4.58. The Morgan fingerprint density at radius 2 is 1.56 bits per heavy atom. The van der Waals surface area contributed by atoms with E-state index in [2.05, 4.69) is 61.5 Å². The molecule has 16 heavy (non-hydrogen) atoms. The molecule has 0 aliphatic heterocycles. The number of halogens is 1. The van der Waals surface area contributed by atoms with Crippen molar-refractivity contribution in [2.75, 3.05) is 21.1 Å². The molecule has 1 aromatic rings. The van der Waals surface area contributed by atoms with Gasteiger partial charge in [0.1, 0.15) is 6.54 Å². The zero-order valence-corrected chi connectivity index (χ0v) is 11.6. The third-order valence-corrected chi connectivity index (χ3v) is 1.50. The Balaban J connectivity index is 0.000000385. The first kappa shape index (κ1) is 15.6. The van der Waals surface area contributed by atoms with Crippen LogP contribution in [0.3, 0.4) is 0 Å². The van der Waals surface area contributed by atoms with Gasteiger partial charge in [-0.05, 0) is 0 Å². The molecular formula is C10H16ClCrNO3. The summed E-state index contributed by atoms with van der Waals surface area (Å²) < 4.78 is 27.7. The van der Waals surface area contributed by atoms with Crippen LogP contribution >= 0.6 is 10.0 Å². The molecular weight excluding hydrogens is 270 g/mol. The molecule has 0 spiro atoms. The number of hydrogen-bond donors (Lipinski definition) is 0. The van der Waals surface area contributed by atoms with Crippen molar-refractivity contribution in [1.82, 2.24) is 0 Å². The van der Waals surface area contributed by atoms with Gasteiger partial charge in [0.15, 0.2) is 0 Å². The second-order valence-electron chi connectivity index (χ2n) is 4.33. The van der Waals surface area contributed by atoms with Crippen LogP contribution in [0.4, 0.5) is 0 Å². The molecule has 0 aromatic heterocycles. The van der Waals surface area contributed by atoms with E-state index in [1.807, 2.05) is 0 Å². The van der Waals surface area contributed by atoms with Gasteiger partial charge < -0.3 is 4.48 Å². The predicted octanol–water partition coefficient (Wildman–Crippen LogP) is 1.15. The maximum atomic E-state index is 8.91. The van der Waals surface area contributed by atoms with Crippen LogP contribution in [0.1, 0.15) is 5.56 Å². The fourth-order valence-corrected chi connectivity index (χ4v) is 1.13. The molecule has 0 unspecified atom stereocenters. The normalized spacial score (nSPS) is 11.6. The minimum atomic E-state index is -5.03. The Labute approximate surface area is 102 Å². The van der Waals surface area contributed by atoms with E-state index >= 15 is 0 Å². The Kier molecular flexibility index (Phi) is 6.16. The summed E-state index contributed by atoms with van der Waals surface area (Å²) in [5.74, 6) is 0. The second kappa shape index (κ2) is 6.34. The summed E-state index contributed by atoms with van der Waals surface area (Å²) in [7, 11) is 10.6. The van der Waals surface area contributed by atoms with E-state index in [1.54, 1.807) is 0 Å². The fraction of sp³-hybridized carbons (Fsp3) is 0.400. The van der Waals surface area contributed by atoms with Gasteiger partial charge in [-0.1, -0.05) is 30.3 Å². The van der Waals surface area contributed by atoms with Crippen LogP contribution in [0.25, 0.3) is 0 Å². The molecule has 92 valence electrons. The quantitative estimate of drug-likeness (QED) is 0.766. The molecule has 0 saturated carbocycles. The zero-order valence-electron chi connectivity index (χ0n) is 9.55. The summed E-state index contributed by atoms with van der Waals surface area (Å²) in [6.45, 7) is 1.10. The van der Waals surface area contributed by atoms with Crippen LogP contribution in [-0.2, 0) is 26.5 Å². The third-order valence-electron chi connectivity index (χ3n) is 1.50. The molecule has 0 fully saturated rings. The Hall–Kier alpha value is -0.438. The van der Waals surface area contributed by atoms with Gasteiger partial charge in [0.05, 0.1) is 21.1 Å². The third kappa shape index (κ3) is 13.6. The monoisotopic (exact) mass is 285 g/mol. The van der Waals surface area contributed by atoms with E-state index in [0.29, 0.717) is 0 Å². The predicted molar refractivity (Wildman–Crippen MR) is 55.4 cm³/mol. The average molecular weight is 286 g/mol. The molecule has 0 saturated heterocycles.